The van der Waals surface area contributed by atoms with E-state index in [0.717, 1.165) is 19.3 Å². The number of carbonyl (C=O) groups is 2. The van der Waals surface area contributed by atoms with Crippen molar-refractivity contribution in [1.82, 2.24) is 10.6 Å². The van der Waals surface area contributed by atoms with Crippen molar-refractivity contribution >= 4 is 12.0 Å². The Kier molecular flexibility index (Phi) is 6.08. The summed E-state index contributed by atoms with van der Waals surface area (Å²) in [4.78, 5) is 22.9. The van der Waals surface area contributed by atoms with Gasteiger partial charge in [0.05, 0.1) is 12.1 Å². The van der Waals surface area contributed by atoms with Crippen LogP contribution in [0.1, 0.15) is 46.0 Å². The number of amides is 2. The number of carbonyl (C=O) groups excluding carboxylic acids is 1. The molecule has 0 radical (unpaired) electrons. The van der Waals surface area contributed by atoms with E-state index in [1.807, 2.05) is 6.92 Å². The fourth-order valence-corrected chi connectivity index (χ4v) is 2.31. The van der Waals surface area contributed by atoms with Gasteiger partial charge >= 0.3 is 12.0 Å². The number of aliphatic carboxylic acids is 1. The average Bonchev–Trinajstić information content (AvgIpc) is 2.37. The summed E-state index contributed by atoms with van der Waals surface area (Å²) < 4.78 is 0. The fourth-order valence-electron chi connectivity index (χ4n) is 2.31. The summed E-state index contributed by atoms with van der Waals surface area (Å²) in [5, 5.41) is 24.0. The van der Waals surface area contributed by atoms with Crippen molar-refractivity contribution in [1.29, 1.82) is 0 Å². The molecule has 0 aromatic carbocycles. The van der Waals surface area contributed by atoms with Gasteiger partial charge in [-0.3, -0.25) is 0 Å². The summed E-state index contributed by atoms with van der Waals surface area (Å²) in [6.45, 7) is 3.67. The summed E-state index contributed by atoms with van der Waals surface area (Å²) in [5.41, 5.74) is 0. The molecule has 2 amide bonds. The van der Waals surface area contributed by atoms with Crippen molar-refractivity contribution in [3.05, 3.63) is 0 Å². The Bertz CT molecular complexity index is 322. The standard InChI is InChI=1S/C13H24N2O4/c1-3-8(2)11(12(17)18)15-13(19)14-9-6-4-5-7-10(9)16/h8-11,16H,3-7H2,1-2H3,(H,17,18)(H2,14,15,19)/t8-,9?,10?,11-/m0/s1. The smallest absolute Gasteiger partial charge is 0.326 e. The van der Waals surface area contributed by atoms with Gasteiger partial charge in [0.25, 0.3) is 0 Å². The number of hydrogen-bond donors (Lipinski definition) is 4. The van der Waals surface area contributed by atoms with Gasteiger partial charge in [-0.1, -0.05) is 33.1 Å². The third-order valence-electron chi connectivity index (χ3n) is 3.81. The van der Waals surface area contributed by atoms with Crippen LogP contribution in [0.2, 0.25) is 0 Å². The number of rotatable bonds is 5. The maximum absolute atomic E-state index is 11.8. The molecule has 4 N–H and O–H groups in total. The third-order valence-corrected chi connectivity index (χ3v) is 3.81. The van der Waals surface area contributed by atoms with E-state index in [2.05, 4.69) is 10.6 Å². The molecule has 1 aliphatic rings. The monoisotopic (exact) mass is 272 g/mol. The Morgan fingerprint density at radius 2 is 1.95 bits per heavy atom. The van der Waals surface area contributed by atoms with Crippen molar-refractivity contribution < 1.29 is 19.8 Å². The van der Waals surface area contributed by atoms with Crippen LogP contribution in [-0.2, 0) is 4.79 Å². The summed E-state index contributed by atoms with van der Waals surface area (Å²) in [6.07, 6.45) is 3.48. The first kappa shape index (κ1) is 15.8. The van der Waals surface area contributed by atoms with Crippen LogP contribution in [0.4, 0.5) is 4.79 Å². The lowest BCUT2D eigenvalue weighted by molar-refractivity contribution is -0.140. The Morgan fingerprint density at radius 3 is 2.47 bits per heavy atom. The van der Waals surface area contributed by atoms with Gasteiger partial charge in [0.15, 0.2) is 0 Å². The minimum atomic E-state index is -1.03. The highest BCUT2D eigenvalue weighted by molar-refractivity contribution is 5.82. The zero-order valence-electron chi connectivity index (χ0n) is 11.6. The summed E-state index contributed by atoms with van der Waals surface area (Å²) in [6, 6.07) is -1.69. The first-order valence-electron chi connectivity index (χ1n) is 6.93. The van der Waals surface area contributed by atoms with Gasteiger partial charge in [0.2, 0.25) is 0 Å². The largest absolute Gasteiger partial charge is 0.480 e. The molecule has 6 nitrogen and oxygen atoms in total. The molecular weight excluding hydrogens is 248 g/mol. The third kappa shape index (κ3) is 4.70. The lowest BCUT2D eigenvalue weighted by Crippen LogP contribution is -2.54. The van der Waals surface area contributed by atoms with Crippen molar-refractivity contribution in [2.45, 2.75) is 64.1 Å². The molecule has 6 heteroatoms. The molecule has 0 bridgehead atoms. The maximum atomic E-state index is 11.8. The highest BCUT2D eigenvalue weighted by Crippen LogP contribution is 2.18. The van der Waals surface area contributed by atoms with E-state index in [-0.39, 0.29) is 12.0 Å². The van der Waals surface area contributed by atoms with E-state index in [1.54, 1.807) is 6.92 Å². The zero-order valence-corrected chi connectivity index (χ0v) is 11.6. The highest BCUT2D eigenvalue weighted by atomic mass is 16.4. The van der Waals surface area contributed by atoms with Crippen LogP contribution in [0.25, 0.3) is 0 Å². The SMILES string of the molecule is CC[C@H](C)[C@H](NC(=O)NC1CCCCC1O)C(=O)O. The second-order valence-electron chi connectivity index (χ2n) is 5.28. The van der Waals surface area contributed by atoms with E-state index in [4.69, 9.17) is 5.11 Å². The lowest BCUT2D eigenvalue weighted by atomic mass is 9.93. The first-order valence-corrected chi connectivity index (χ1v) is 6.93. The molecule has 0 saturated heterocycles. The van der Waals surface area contributed by atoms with Crippen molar-refractivity contribution in [2.24, 2.45) is 5.92 Å². The molecule has 4 atom stereocenters. The average molecular weight is 272 g/mol. The molecule has 1 rings (SSSR count). The Labute approximate surface area is 113 Å². The van der Waals surface area contributed by atoms with Crippen molar-refractivity contribution in [3.63, 3.8) is 0 Å². The van der Waals surface area contributed by atoms with Crippen LogP contribution in [0.5, 0.6) is 0 Å². The highest BCUT2D eigenvalue weighted by Gasteiger charge is 2.28. The molecule has 1 aliphatic carbocycles. The molecular formula is C13H24N2O4. The van der Waals surface area contributed by atoms with Crippen LogP contribution in [0.15, 0.2) is 0 Å². The number of urea groups is 1. The van der Waals surface area contributed by atoms with Gasteiger partial charge in [0, 0.05) is 0 Å². The number of carboxylic acid groups (broad SMARTS) is 1. The molecule has 0 heterocycles. The van der Waals surface area contributed by atoms with Crippen LogP contribution >= 0.6 is 0 Å². The molecule has 110 valence electrons. The molecule has 2 unspecified atom stereocenters. The van der Waals surface area contributed by atoms with Crippen LogP contribution in [0, 0.1) is 5.92 Å². The van der Waals surface area contributed by atoms with Gasteiger partial charge in [-0.05, 0) is 18.8 Å². The van der Waals surface area contributed by atoms with Gasteiger partial charge in [-0.2, -0.15) is 0 Å². The van der Waals surface area contributed by atoms with Crippen molar-refractivity contribution in [2.75, 3.05) is 0 Å². The second-order valence-corrected chi connectivity index (χ2v) is 5.28. The number of carboxylic acids is 1. The van der Waals surface area contributed by atoms with Gasteiger partial charge in [0.1, 0.15) is 6.04 Å². The predicted molar refractivity (Wildman–Crippen MR) is 70.8 cm³/mol. The zero-order chi connectivity index (χ0) is 14.4. The fraction of sp³-hybridized carbons (Fsp3) is 0.846. The van der Waals surface area contributed by atoms with E-state index in [1.165, 1.54) is 0 Å². The topological polar surface area (TPSA) is 98.7 Å². The Hall–Kier alpha value is -1.30. The van der Waals surface area contributed by atoms with Crippen molar-refractivity contribution in [3.8, 4) is 0 Å². The van der Waals surface area contributed by atoms with E-state index < -0.39 is 24.1 Å². The quantitative estimate of drug-likeness (QED) is 0.602. The van der Waals surface area contributed by atoms with Gasteiger partial charge < -0.3 is 20.8 Å². The summed E-state index contributed by atoms with van der Waals surface area (Å²) in [5.74, 6) is -1.17. The maximum Gasteiger partial charge on any atom is 0.326 e. The molecule has 0 aromatic heterocycles. The summed E-state index contributed by atoms with van der Waals surface area (Å²) >= 11 is 0. The molecule has 0 spiro atoms. The van der Waals surface area contributed by atoms with Crippen LogP contribution in [0.3, 0.4) is 0 Å². The Balaban J connectivity index is 2.50. The van der Waals surface area contributed by atoms with E-state index in [0.29, 0.717) is 12.8 Å². The first-order chi connectivity index (χ1) is 8.95. The van der Waals surface area contributed by atoms with Crippen LogP contribution < -0.4 is 10.6 Å². The molecule has 1 fully saturated rings. The minimum Gasteiger partial charge on any atom is -0.480 e. The second kappa shape index (κ2) is 7.33. The predicted octanol–water partition coefficient (Wildman–Crippen LogP) is 1.09. The lowest BCUT2D eigenvalue weighted by Gasteiger charge is -2.29. The van der Waals surface area contributed by atoms with Gasteiger partial charge in [-0.15, -0.1) is 0 Å². The normalized spacial score (nSPS) is 26.3. The van der Waals surface area contributed by atoms with E-state index >= 15 is 0 Å². The number of nitrogens with one attached hydrogen (secondary N) is 2. The Morgan fingerprint density at radius 1 is 1.32 bits per heavy atom. The molecule has 19 heavy (non-hydrogen) atoms. The van der Waals surface area contributed by atoms with Crippen LogP contribution in [-0.4, -0.2) is 40.4 Å². The van der Waals surface area contributed by atoms with E-state index in [9.17, 15) is 14.7 Å². The molecule has 1 saturated carbocycles. The minimum absolute atomic E-state index is 0.139. The molecule has 0 aromatic rings. The number of hydrogen-bond acceptors (Lipinski definition) is 3. The van der Waals surface area contributed by atoms with Gasteiger partial charge in [-0.25, -0.2) is 9.59 Å². The molecule has 0 aliphatic heterocycles. The number of aliphatic hydroxyl groups excluding tert-OH is 1. The summed E-state index contributed by atoms with van der Waals surface area (Å²) in [7, 11) is 0. The number of aliphatic hydroxyl groups is 1.